The maximum absolute atomic E-state index is 5.10. The molecule has 1 N–H and O–H groups in total. The molecular formula is C40H28N6. The molecule has 1 atom stereocenters. The van der Waals surface area contributed by atoms with Gasteiger partial charge in [0.1, 0.15) is 17.0 Å². The number of aliphatic imine (C=N–C) groups is 2. The predicted molar refractivity (Wildman–Crippen MR) is 187 cm³/mol. The second kappa shape index (κ2) is 10.2. The smallest absolute Gasteiger partial charge is 0.179 e. The van der Waals surface area contributed by atoms with Gasteiger partial charge in [-0.05, 0) is 35.7 Å². The zero-order valence-corrected chi connectivity index (χ0v) is 25.1. The Morgan fingerprint density at radius 2 is 1.33 bits per heavy atom. The van der Waals surface area contributed by atoms with Gasteiger partial charge in [0.25, 0.3) is 0 Å². The van der Waals surface area contributed by atoms with E-state index >= 15 is 0 Å². The highest BCUT2D eigenvalue weighted by atomic mass is 15.2. The van der Waals surface area contributed by atoms with Gasteiger partial charge in [0.15, 0.2) is 17.1 Å². The van der Waals surface area contributed by atoms with E-state index in [-0.39, 0.29) is 0 Å². The van der Waals surface area contributed by atoms with Gasteiger partial charge in [0.2, 0.25) is 0 Å². The molecule has 0 fully saturated rings. The van der Waals surface area contributed by atoms with Crippen LogP contribution in [0.3, 0.4) is 0 Å². The maximum atomic E-state index is 5.10. The Morgan fingerprint density at radius 1 is 0.652 bits per heavy atom. The number of para-hydroxylation sites is 1. The molecule has 0 spiro atoms. The zero-order chi connectivity index (χ0) is 30.7. The fourth-order valence-electron chi connectivity index (χ4n) is 6.58. The summed E-state index contributed by atoms with van der Waals surface area (Å²) in [7, 11) is 0. The molecule has 1 aliphatic rings. The van der Waals surface area contributed by atoms with Gasteiger partial charge in [0.05, 0.1) is 5.52 Å². The van der Waals surface area contributed by atoms with Crippen molar-refractivity contribution in [2.45, 2.75) is 12.6 Å². The van der Waals surface area contributed by atoms with Crippen molar-refractivity contribution >= 4 is 50.2 Å². The molecule has 0 aliphatic carbocycles. The van der Waals surface area contributed by atoms with Gasteiger partial charge in [-0.2, -0.15) is 0 Å². The van der Waals surface area contributed by atoms with Crippen LogP contribution in [0.5, 0.6) is 0 Å². The van der Waals surface area contributed by atoms with Crippen LogP contribution in [-0.2, 0) is 5.66 Å². The molecule has 1 unspecified atom stereocenters. The number of hydrogen-bond acceptors (Lipinski definition) is 5. The summed E-state index contributed by atoms with van der Waals surface area (Å²) in [5.74, 6) is 1.48. The van der Waals surface area contributed by atoms with Crippen LogP contribution in [0.1, 0.15) is 23.6 Å². The molecule has 218 valence electrons. The Kier molecular flexibility index (Phi) is 5.83. The molecule has 5 aromatic carbocycles. The van der Waals surface area contributed by atoms with E-state index in [9.17, 15) is 0 Å². The van der Waals surface area contributed by atoms with E-state index in [1.165, 1.54) is 0 Å². The molecule has 1 aliphatic heterocycles. The van der Waals surface area contributed by atoms with Crippen molar-refractivity contribution in [3.63, 3.8) is 0 Å². The molecule has 0 saturated carbocycles. The van der Waals surface area contributed by atoms with Crippen molar-refractivity contribution in [3.8, 4) is 11.1 Å². The molecule has 4 heterocycles. The summed E-state index contributed by atoms with van der Waals surface area (Å²) in [5, 5.41) is 7.04. The van der Waals surface area contributed by atoms with Crippen molar-refractivity contribution in [2.24, 2.45) is 9.98 Å². The fourth-order valence-corrected chi connectivity index (χ4v) is 6.58. The first-order valence-corrected chi connectivity index (χ1v) is 15.4. The van der Waals surface area contributed by atoms with E-state index in [1.54, 1.807) is 0 Å². The average molecular weight is 593 g/mol. The quantitative estimate of drug-likeness (QED) is 0.223. The molecule has 0 saturated heterocycles. The van der Waals surface area contributed by atoms with Crippen molar-refractivity contribution in [1.82, 2.24) is 19.7 Å². The van der Waals surface area contributed by atoms with Gasteiger partial charge >= 0.3 is 0 Å². The normalized spacial score (nSPS) is 16.5. The molecule has 0 amide bonds. The van der Waals surface area contributed by atoms with E-state index in [2.05, 4.69) is 114 Å². The minimum Gasteiger partial charge on any atom is -0.342 e. The highest BCUT2D eigenvalue weighted by Gasteiger charge is 2.32. The summed E-state index contributed by atoms with van der Waals surface area (Å²) in [6, 6.07) is 48.2. The number of nitrogens with zero attached hydrogens (tertiary/aromatic N) is 5. The van der Waals surface area contributed by atoms with Gasteiger partial charge in [-0.15, -0.1) is 0 Å². The standard InChI is InChI=1S/C40H28N6/c1-40(30-15-6-3-7-16-30)44-37(27-12-4-2-5-13-27)43-38(45-40)28-22-20-26(21-23-28)33-24-35-42-39-36(31-17-9-8-14-29(31)25-41-39)46(35)34-19-11-10-18-32(33)34/h2-25H,1H3,(H,43,44,45). The predicted octanol–water partition coefficient (Wildman–Crippen LogP) is 8.53. The third-order valence-corrected chi connectivity index (χ3v) is 8.88. The molecule has 46 heavy (non-hydrogen) atoms. The number of nitrogens with one attached hydrogen (secondary N) is 1. The molecule has 0 radical (unpaired) electrons. The van der Waals surface area contributed by atoms with E-state index in [4.69, 9.17) is 20.0 Å². The number of aromatic nitrogens is 3. The summed E-state index contributed by atoms with van der Waals surface area (Å²) < 4.78 is 2.24. The van der Waals surface area contributed by atoms with Crippen molar-refractivity contribution in [3.05, 3.63) is 162 Å². The van der Waals surface area contributed by atoms with Crippen LogP contribution in [-0.4, -0.2) is 26.0 Å². The topological polar surface area (TPSA) is 66.9 Å². The third kappa shape index (κ3) is 4.19. The van der Waals surface area contributed by atoms with Crippen LogP contribution < -0.4 is 5.32 Å². The van der Waals surface area contributed by atoms with E-state index in [0.717, 1.165) is 72.1 Å². The number of amidine groups is 2. The first-order chi connectivity index (χ1) is 22.6. The van der Waals surface area contributed by atoms with Gasteiger partial charge in [-0.3, -0.25) is 4.40 Å². The monoisotopic (exact) mass is 592 g/mol. The Balaban J connectivity index is 1.17. The van der Waals surface area contributed by atoms with Crippen LogP contribution in [0.15, 0.2) is 156 Å². The number of pyridine rings is 2. The molecule has 6 heteroatoms. The number of hydrogen-bond donors (Lipinski definition) is 1. The number of fused-ring (bicyclic) bond motifs is 7. The molecule has 6 nitrogen and oxygen atoms in total. The Bertz CT molecular complexity index is 2500. The van der Waals surface area contributed by atoms with Crippen LogP contribution in [0.4, 0.5) is 0 Å². The molecule has 3 aromatic heterocycles. The number of benzene rings is 5. The van der Waals surface area contributed by atoms with Gasteiger partial charge < -0.3 is 5.32 Å². The van der Waals surface area contributed by atoms with Crippen molar-refractivity contribution in [1.29, 1.82) is 0 Å². The number of rotatable bonds is 4. The Labute approximate surface area is 265 Å². The summed E-state index contributed by atoms with van der Waals surface area (Å²) in [6.07, 6.45) is 1.91. The van der Waals surface area contributed by atoms with Crippen LogP contribution >= 0.6 is 0 Å². The van der Waals surface area contributed by atoms with E-state index in [1.807, 2.05) is 48.7 Å². The van der Waals surface area contributed by atoms with Crippen molar-refractivity contribution in [2.75, 3.05) is 0 Å². The minimum atomic E-state index is -0.676. The lowest BCUT2D eigenvalue weighted by Crippen LogP contribution is -2.46. The first kappa shape index (κ1) is 26.3. The molecular weight excluding hydrogens is 564 g/mol. The summed E-state index contributed by atoms with van der Waals surface area (Å²) >= 11 is 0. The average Bonchev–Trinajstić information content (AvgIpc) is 3.51. The summed E-state index contributed by atoms with van der Waals surface area (Å²) in [4.78, 5) is 19.8. The highest BCUT2D eigenvalue weighted by Crippen LogP contribution is 2.35. The second-order valence-electron chi connectivity index (χ2n) is 11.8. The lowest BCUT2D eigenvalue weighted by Gasteiger charge is -2.33. The molecule has 8 aromatic rings. The lowest BCUT2D eigenvalue weighted by atomic mass is 9.97. The van der Waals surface area contributed by atoms with Crippen LogP contribution in [0.25, 0.3) is 49.6 Å². The fraction of sp³-hybridized carbons (Fsp3) is 0.0500. The Morgan fingerprint density at radius 3 is 2.13 bits per heavy atom. The largest absolute Gasteiger partial charge is 0.342 e. The highest BCUT2D eigenvalue weighted by molar-refractivity contribution is 6.13. The zero-order valence-electron chi connectivity index (χ0n) is 25.1. The summed E-state index contributed by atoms with van der Waals surface area (Å²) in [6.45, 7) is 2.10. The van der Waals surface area contributed by atoms with Gasteiger partial charge in [0, 0.05) is 33.5 Å². The molecule has 9 rings (SSSR count). The van der Waals surface area contributed by atoms with Crippen LogP contribution in [0, 0.1) is 0 Å². The minimum absolute atomic E-state index is 0.676. The number of imidazole rings is 1. The first-order valence-electron chi connectivity index (χ1n) is 15.4. The second-order valence-corrected chi connectivity index (χ2v) is 11.8. The molecule has 0 bridgehead atoms. The van der Waals surface area contributed by atoms with Crippen molar-refractivity contribution < 1.29 is 0 Å². The van der Waals surface area contributed by atoms with Gasteiger partial charge in [-0.25, -0.2) is 20.0 Å². The van der Waals surface area contributed by atoms with E-state index in [0.29, 0.717) is 5.84 Å². The van der Waals surface area contributed by atoms with Gasteiger partial charge in [-0.1, -0.05) is 127 Å². The maximum Gasteiger partial charge on any atom is 0.179 e. The van der Waals surface area contributed by atoms with E-state index < -0.39 is 5.66 Å². The van der Waals surface area contributed by atoms with Crippen LogP contribution in [0.2, 0.25) is 0 Å². The lowest BCUT2D eigenvalue weighted by molar-refractivity contribution is 0.455. The summed E-state index contributed by atoms with van der Waals surface area (Å²) in [5.41, 5.74) is 8.33. The SMILES string of the molecule is CC1(c2ccccc2)N=C(c2ccccc2)N=C(c2ccc(-c3cc4nc5ncc6ccccc6c5n4c4ccccc34)cc2)N1. The Hall–Kier alpha value is -6.14. The third-order valence-electron chi connectivity index (χ3n) is 8.88.